The molecule has 170 valence electrons. The number of nitrogens with one attached hydrogen (secondary N) is 2. The van der Waals surface area contributed by atoms with Crippen LogP contribution in [0, 0.1) is 0 Å². The Morgan fingerprint density at radius 2 is 1.67 bits per heavy atom. The second kappa shape index (κ2) is 9.03. The van der Waals surface area contributed by atoms with E-state index in [0.29, 0.717) is 41.9 Å². The number of benzene rings is 2. The average molecular weight is 463 g/mol. The summed E-state index contributed by atoms with van der Waals surface area (Å²) in [6.07, 6.45) is 5.78. The Morgan fingerprint density at radius 1 is 0.939 bits per heavy atom. The van der Waals surface area contributed by atoms with Crippen LogP contribution >= 0.6 is 0 Å². The maximum Gasteiger partial charge on any atom is 0.255 e. The molecule has 1 saturated carbocycles. The lowest BCUT2D eigenvalue weighted by Crippen LogP contribution is -2.39. The van der Waals surface area contributed by atoms with Gasteiger partial charge in [-0.15, -0.1) is 0 Å². The molecule has 5 rings (SSSR count). The first-order chi connectivity index (χ1) is 16.0. The lowest BCUT2D eigenvalue weighted by molar-refractivity contribution is 0.102. The number of aromatic nitrogens is 2. The number of amides is 1. The molecule has 2 aliphatic rings. The van der Waals surface area contributed by atoms with Crippen molar-refractivity contribution < 1.29 is 13.2 Å². The summed E-state index contributed by atoms with van der Waals surface area (Å²) >= 11 is 0. The average Bonchev–Trinajstić information content (AvgIpc) is 3.61. The van der Waals surface area contributed by atoms with Gasteiger partial charge in [-0.05, 0) is 67.3 Å². The molecular formula is C25H26N4O3S. The maximum atomic E-state index is 12.8. The molecule has 2 N–H and O–H groups in total. The van der Waals surface area contributed by atoms with Crippen molar-refractivity contribution in [1.29, 1.82) is 0 Å². The van der Waals surface area contributed by atoms with Crippen LogP contribution in [-0.4, -0.2) is 47.9 Å². The van der Waals surface area contributed by atoms with Crippen molar-refractivity contribution in [2.45, 2.75) is 37.3 Å². The van der Waals surface area contributed by atoms with Gasteiger partial charge in [-0.25, -0.2) is 18.4 Å². The maximum absolute atomic E-state index is 12.8. The molecule has 0 radical (unpaired) electrons. The van der Waals surface area contributed by atoms with Gasteiger partial charge in [0.05, 0.1) is 11.5 Å². The van der Waals surface area contributed by atoms with Gasteiger partial charge in [0.1, 0.15) is 9.84 Å². The van der Waals surface area contributed by atoms with Gasteiger partial charge in [0, 0.05) is 47.2 Å². The standard InChI is InChI=1S/C25H26N4O3S/c30-25(29-20-7-5-17(6-8-20)24-26-11-2-12-27-24)19-4-1-3-18(15-19)22-16-23(22)28-21-9-13-33(31,32)14-10-21/h1-8,11-12,15,21-23,28H,9-10,13-14,16H2,(H,29,30)/t22-,23+/m0/s1. The Balaban J connectivity index is 1.19. The molecule has 2 aromatic carbocycles. The summed E-state index contributed by atoms with van der Waals surface area (Å²) in [4.78, 5) is 21.3. The highest BCUT2D eigenvalue weighted by Crippen LogP contribution is 2.41. The number of carbonyl (C=O) groups excluding carboxylic acids is 1. The number of hydrogen-bond donors (Lipinski definition) is 2. The fourth-order valence-electron chi connectivity index (χ4n) is 4.37. The second-order valence-electron chi connectivity index (χ2n) is 8.77. The van der Waals surface area contributed by atoms with E-state index < -0.39 is 9.84 Å². The normalized spacial score (nSPS) is 21.9. The van der Waals surface area contributed by atoms with Crippen LogP contribution in [0.5, 0.6) is 0 Å². The molecule has 2 heterocycles. The SMILES string of the molecule is O=C(Nc1ccc(-c2ncccn2)cc1)c1cccc([C@@H]2C[C@H]2NC2CCS(=O)(=O)CC2)c1. The summed E-state index contributed by atoms with van der Waals surface area (Å²) in [6.45, 7) is 0. The molecule has 0 spiro atoms. The van der Waals surface area contributed by atoms with Crippen molar-refractivity contribution in [2.75, 3.05) is 16.8 Å². The van der Waals surface area contributed by atoms with Crippen LogP contribution in [0.1, 0.15) is 41.1 Å². The van der Waals surface area contributed by atoms with E-state index >= 15 is 0 Å². The monoisotopic (exact) mass is 462 g/mol. The van der Waals surface area contributed by atoms with E-state index in [4.69, 9.17) is 0 Å². The third-order valence-electron chi connectivity index (χ3n) is 6.34. The summed E-state index contributed by atoms with van der Waals surface area (Å²) < 4.78 is 23.3. The molecule has 1 saturated heterocycles. The van der Waals surface area contributed by atoms with E-state index in [0.717, 1.165) is 17.5 Å². The van der Waals surface area contributed by atoms with Gasteiger partial charge in [0.15, 0.2) is 5.82 Å². The Morgan fingerprint density at radius 3 is 2.39 bits per heavy atom. The van der Waals surface area contributed by atoms with E-state index in [1.54, 1.807) is 18.5 Å². The third kappa shape index (κ3) is 5.29. The number of rotatable bonds is 6. The number of nitrogens with zero attached hydrogens (tertiary/aromatic N) is 2. The fourth-order valence-corrected chi connectivity index (χ4v) is 5.86. The molecule has 0 bridgehead atoms. The van der Waals surface area contributed by atoms with E-state index in [1.807, 2.05) is 42.5 Å². The minimum Gasteiger partial charge on any atom is -0.322 e. The summed E-state index contributed by atoms with van der Waals surface area (Å²) in [5, 5.41) is 6.57. The molecule has 1 aromatic heterocycles. The predicted octanol–water partition coefficient (Wildman–Crippen LogP) is 3.42. The second-order valence-corrected chi connectivity index (χ2v) is 11.1. The van der Waals surface area contributed by atoms with E-state index in [-0.39, 0.29) is 23.5 Å². The minimum absolute atomic E-state index is 0.150. The van der Waals surface area contributed by atoms with Crippen molar-refractivity contribution in [3.05, 3.63) is 78.1 Å². The Hall–Kier alpha value is -3.10. The number of hydrogen-bond acceptors (Lipinski definition) is 6. The van der Waals surface area contributed by atoms with Crippen LogP contribution in [-0.2, 0) is 9.84 Å². The van der Waals surface area contributed by atoms with Crippen LogP contribution in [0.2, 0.25) is 0 Å². The zero-order valence-electron chi connectivity index (χ0n) is 18.1. The highest BCUT2D eigenvalue weighted by atomic mass is 32.2. The summed E-state index contributed by atoms with van der Waals surface area (Å²) in [5.74, 6) is 1.41. The van der Waals surface area contributed by atoms with Crippen LogP contribution in [0.4, 0.5) is 5.69 Å². The zero-order chi connectivity index (χ0) is 22.8. The topological polar surface area (TPSA) is 101 Å². The van der Waals surface area contributed by atoms with Crippen LogP contribution in [0.25, 0.3) is 11.4 Å². The van der Waals surface area contributed by atoms with Crippen molar-refractivity contribution in [2.24, 2.45) is 0 Å². The minimum atomic E-state index is -2.85. The largest absolute Gasteiger partial charge is 0.322 e. The lowest BCUT2D eigenvalue weighted by Gasteiger charge is -2.23. The van der Waals surface area contributed by atoms with Gasteiger partial charge < -0.3 is 10.6 Å². The summed E-state index contributed by atoms with van der Waals surface area (Å²) in [7, 11) is -2.85. The van der Waals surface area contributed by atoms with Crippen molar-refractivity contribution in [1.82, 2.24) is 15.3 Å². The summed E-state index contributed by atoms with van der Waals surface area (Å²) in [6, 6.07) is 17.6. The van der Waals surface area contributed by atoms with Crippen molar-refractivity contribution in [3.8, 4) is 11.4 Å². The molecule has 3 aromatic rings. The molecule has 1 amide bonds. The van der Waals surface area contributed by atoms with Gasteiger partial charge >= 0.3 is 0 Å². The molecule has 8 heteroatoms. The quantitative estimate of drug-likeness (QED) is 0.582. The Labute approximate surface area is 193 Å². The Bertz CT molecular complexity index is 1230. The molecule has 1 aliphatic heterocycles. The van der Waals surface area contributed by atoms with Gasteiger partial charge in [0.2, 0.25) is 0 Å². The smallest absolute Gasteiger partial charge is 0.255 e. The van der Waals surface area contributed by atoms with Crippen LogP contribution < -0.4 is 10.6 Å². The van der Waals surface area contributed by atoms with Gasteiger partial charge in [-0.1, -0.05) is 12.1 Å². The van der Waals surface area contributed by atoms with Gasteiger partial charge in [-0.2, -0.15) is 0 Å². The first kappa shape index (κ1) is 21.7. The van der Waals surface area contributed by atoms with E-state index in [1.165, 1.54) is 0 Å². The molecule has 33 heavy (non-hydrogen) atoms. The van der Waals surface area contributed by atoms with Gasteiger partial charge in [0.25, 0.3) is 5.91 Å². The fraction of sp³-hybridized carbons (Fsp3) is 0.320. The molecule has 0 unspecified atom stereocenters. The van der Waals surface area contributed by atoms with E-state index in [9.17, 15) is 13.2 Å². The van der Waals surface area contributed by atoms with Crippen LogP contribution in [0.3, 0.4) is 0 Å². The Kier molecular flexibility index (Phi) is 5.95. The van der Waals surface area contributed by atoms with Crippen molar-refractivity contribution >= 4 is 21.4 Å². The van der Waals surface area contributed by atoms with Crippen molar-refractivity contribution in [3.63, 3.8) is 0 Å². The lowest BCUT2D eigenvalue weighted by atomic mass is 10.1. The molecule has 7 nitrogen and oxygen atoms in total. The molecule has 2 fully saturated rings. The van der Waals surface area contributed by atoms with E-state index in [2.05, 4.69) is 26.7 Å². The van der Waals surface area contributed by atoms with Gasteiger partial charge in [-0.3, -0.25) is 4.79 Å². The first-order valence-corrected chi connectivity index (χ1v) is 13.0. The number of sulfone groups is 1. The number of anilines is 1. The highest BCUT2D eigenvalue weighted by Gasteiger charge is 2.40. The van der Waals surface area contributed by atoms with Crippen LogP contribution in [0.15, 0.2) is 67.0 Å². The highest BCUT2D eigenvalue weighted by molar-refractivity contribution is 7.91. The predicted molar refractivity (Wildman–Crippen MR) is 128 cm³/mol. The summed E-state index contributed by atoms with van der Waals surface area (Å²) in [5.41, 5.74) is 3.36. The molecule has 1 aliphatic carbocycles. The molecular weight excluding hydrogens is 436 g/mol. The third-order valence-corrected chi connectivity index (χ3v) is 8.05. The number of carbonyl (C=O) groups is 1. The first-order valence-electron chi connectivity index (χ1n) is 11.2. The molecule has 2 atom stereocenters. The zero-order valence-corrected chi connectivity index (χ0v) is 19.0.